The SMILES string of the molecule is CCCC(CCO)CNC(=NCc1ccc(C)cc1OCC)NCC. The fourth-order valence-electron chi connectivity index (χ4n) is 2.77. The molecule has 0 aromatic heterocycles. The predicted molar refractivity (Wildman–Crippen MR) is 105 cm³/mol. The maximum Gasteiger partial charge on any atom is 0.191 e. The summed E-state index contributed by atoms with van der Waals surface area (Å²) in [6.07, 6.45) is 3.06. The molecular formula is C20H35N3O2. The fraction of sp³-hybridized carbons (Fsp3) is 0.650. The van der Waals surface area contributed by atoms with Crippen molar-refractivity contribution >= 4 is 5.96 Å². The van der Waals surface area contributed by atoms with Gasteiger partial charge in [0.05, 0.1) is 13.2 Å². The molecule has 0 spiro atoms. The second-order valence-corrected chi connectivity index (χ2v) is 6.29. The van der Waals surface area contributed by atoms with Gasteiger partial charge >= 0.3 is 0 Å². The van der Waals surface area contributed by atoms with Gasteiger partial charge in [-0.25, -0.2) is 4.99 Å². The third-order valence-corrected chi connectivity index (χ3v) is 4.07. The number of benzene rings is 1. The van der Waals surface area contributed by atoms with E-state index in [4.69, 9.17) is 9.73 Å². The first-order valence-corrected chi connectivity index (χ1v) is 9.49. The van der Waals surface area contributed by atoms with Gasteiger partial charge in [0.15, 0.2) is 5.96 Å². The molecule has 0 aliphatic carbocycles. The van der Waals surface area contributed by atoms with Crippen LogP contribution in [0.3, 0.4) is 0 Å². The maximum absolute atomic E-state index is 9.20. The van der Waals surface area contributed by atoms with Gasteiger partial charge in [-0.15, -0.1) is 0 Å². The van der Waals surface area contributed by atoms with Crippen LogP contribution in [0.25, 0.3) is 0 Å². The Bertz CT molecular complexity index is 512. The van der Waals surface area contributed by atoms with Gasteiger partial charge in [0.1, 0.15) is 5.75 Å². The Morgan fingerprint density at radius 1 is 1.20 bits per heavy atom. The highest BCUT2D eigenvalue weighted by molar-refractivity contribution is 5.79. The smallest absolute Gasteiger partial charge is 0.191 e. The molecule has 1 aromatic rings. The zero-order valence-electron chi connectivity index (χ0n) is 16.3. The van der Waals surface area contributed by atoms with E-state index in [1.54, 1.807) is 0 Å². The number of aliphatic imine (C=N–C) groups is 1. The summed E-state index contributed by atoms with van der Waals surface area (Å²) < 4.78 is 5.73. The van der Waals surface area contributed by atoms with E-state index in [9.17, 15) is 5.11 Å². The molecule has 0 heterocycles. The molecular weight excluding hydrogens is 314 g/mol. The van der Waals surface area contributed by atoms with Gasteiger partial charge in [-0.2, -0.15) is 0 Å². The number of aryl methyl sites for hydroxylation is 1. The second kappa shape index (κ2) is 12.6. The first-order valence-electron chi connectivity index (χ1n) is 9.49. The minimum Gasteiger partial charge on any atom is -0.494 e. The van der Waals surface area contributed by atoms with Gasteiger partial charge in [-0.05, 0) is 51.2 Å². The highest BCUT2D eigenvalue weighted by atomic mass is 16.5. The van der Waals surface area contributed by atoms with E-state index in [0.717, 1.165) is 49.6 Å². The number of aliphatic hydroxyl groups is 1. The number of hydrogen-bond donors (Lipinski definition) is 3. The molecule has 1 atom stereocenters. The molecule has 0 radical (unpaired) electrons. The molecule has 1 unspecified atom stereocenters. The Labute approximate surface area is 152 Å². The van der Waals surface area contributed by atoms with Crippen LogP contribution in [-0.2, 0) is 6.54 Å². The summed E-state index contributed by atoms with van der Waals surface area (Å²) in [4.78, 5) is 4.70. The summed E-state index contributed by atoms with van der Waals surface area (Å²) in [5.41, 5.74) is 2.28. The van der Waals surface area contributed by atoms with Crippen molar-refractivity contribution in [2.24, 2.45) is 10.9 Å². The Hall–Kier alpha value is -1.75. The summed E-state index contributed by atoms with van der Waals surface area (Å²) >= 11 is 0. The largest absolute Gasteiger partial charge is 0.494 e. The molecule has 0 fully saturated rings. The Morgan fingerprint density at radius 3 is 2.64 bits per heavy atom. The van der Waals surface area contributed by atoms with E-state index in [1.807, 2.05) is 6.92 Å². The zero-order valence-corrected chi connectivity index (χ0v) is 16.3. The summed E-state index contributed by atoms with van der Waals surface area (Å²) in [5.74, 6) is 2.19. The van der Waals surface area contributed by atoms with E-state index < -0.39 is 0 Å². The van der Waals surface area contributed by atoms with Crippen LogP contribution in [0, 0.1) is 12.8 Å². The lowest BCUT2D eigenvalue weighted by Crippen LogP contribution is -2.40. The summed E-state index contributed by atoms with van der Waals surface area (Å²) in [7, 11) is 0. The number of nitrogens with one attached hydrogen (secondary N) is 2. The molecule has 142 valence electrons. The van der Waals surface area contributed by atoms with Crippen molar-refractivity contribution in [2.75, 3.05) is 26.3 Å². The lowest BCUT2D eigenvalue weighted by molar-refractivity contribution is 0.251. The van der Waals surface area contributed by atoms with Crippen molar-refractivity contribution < 1.29 is 9.84 Å². The molecule has 1 rings (SSSR count). The highest BCUT2D eigenvalue weighted by Gasteiger charge is 2.09. The topological polar surface area (TPSA) is 65.9 Å². The number of rotatable bonds is 11. The molecule has 0 aliphatic heterocycles. The Morgan fingerprint density at radius 2 is 2.00 bits per heavy atom. The molecule has 1 aromatic carbocycles. The van der Waals surface area contributed by atoms with E-state index in [1.165, 1.54) is 5.56 Å². The molecule has 25 heavy (non-hydrogen) atoms. The van der Waals surface area contributed by atoms with Gasteiger partial charge in [0, 0.05) is 25.3 Å². The van der Waals surface area contributed by atoms with Gasteiger partial charge in [-0.3, -0.25) is 0 Å². The second-order valence-electron chi connectivity index (χ2n) is 6.29. The monoisotopic (exact) mass is 349 g/mol. The standard InChI is InChI=1S/C20H35N3O2/c1-5-8-17(11-12-24)14-22-20(21-6-2)23-15-18-10-9-16(4)13-19(18)25-7-3/h9-10,13,17,24H,5-8,11-12,14-15H2,1-4H3,(H2,21,22,23). The maximum atomic E-state index is 9.20. The van der Waals surface area contributed by atoms with Crippen LogP contribution < -0.4 is 15.4 Å². The van der Waals surface area contributed by atoms with Crippen LogP contribution in [0.2, 0.25) is 0 Å². The molecule has 5 heteroatoms. The van der Waals surface area contributed by atoms with Crippen molar-refractivity contribution in [1.82, 2.24) is 10.6 Å². The van der Waals surface area contributed by atoms with Crippen LogP contribution in [0.15, 0.2) is 23.2 Å². The molecule has 0 bridgehead atoms. The molecule has 3 N–H and O–H groups in total. The average molecular weight is 350 g/mol. The van der Waals surface area contributed by atoms with Crippen molar-refractivity contribution in [2.45, 2.75) is 53.5 Å². The lowest BCUT2D eigenvalue weighted by atomic mass is 10.0. The quantitative estimate of drug-likeness (QED) is 0.424. The van der Waals surface area contributed by atoms with Crippen molar-refractivity contribution in [3.63, 3.8) is 0 Å². The predicted octanol–water partition coefficient (Wildman–Crippen LogP) is 3.25. The minimum atomic E-state index is 0.237. The number of nitrogens with zero attached hydrogens (tertiary/aromatic N) is 1. The first-order chi connectivity index (χ1) is 12.1. The molecule has 0 amide bonds. The van der Waals surface area contributed by atoms with Gasteiger partial charge in [0.25, 0.3) is 0 Å². The number of aliphatic hydroxyl groups excluding tert-OH is 1. The highest BCUT2D eigenvalue weighted by Crippen LogP contribution is 2.21. The number of ether oxygens (including phenoxy) is 1. The van der Waals surface area contributed by atoms with Gasteiger partial charge < -0.3 is 20.5 Å². The third kappa shape index (κ3) is 8.25. The number of hydrogen-bond acceptors (Lipinski definition) is 3. The van der Waals surface area contributed by atoms with E-state index in [2.05, 4.69) is 49.6 Å². The van der Waals surface area contributed by atoms with Gasteiger partial charge in [-0.1, -0.05) is 25.5 Å². The summed E-state index contributed by atoms with van der Waals surface area (Å²) in [6, 6.07) is 6.23. The van der Waals surface area contributed by atoms with Crippen molar-refractivity contribution in [1.29, 1.82) is 0 Å². The molecule has 5 nitrogen and oxygen atoms in total. The third-order valence-electron chi connectivity index (χ3n) is 4.07. The minimum absolute atomic E-state index is 0.237. The van der Waals surface area contributed by atoms with Crippen LogP contribution >= 0.6 is 0 Å². The van der Waals surface area contributed by atoms with Crippen molar-refractivity contribution in [3.05, 3.63) is 29.3 Å². The normalized spacial score (nSPS) is 12.8. The lowest BCUT2D eigenvalue weighted by Gasteiger charge is -2.18. The van der Waals surface area contributed by atoms with Crippen LogP contribution in [0.1, 0.15) is 51.2 Å². The molecule has 0 saturated carbocycles. The van der Waals surface area contributed by atoms with Gasteiger partial charge in [0.2, 0.25) is 0 Å². The summed E-state index contributed by atoms with van der Waals surface area (Å²) in [5, 5.41) is 15.9. The van der Waals surface area contributed by atoms with E-state index >= 15 is 0 Å². The van der Waals surface area contributed by atoms with E-state index in [0.29, 0.717) is 19.1 Å². The van der Waals surface area contributed by atoms with Crippen molar-refractivity contribution in [3.8, 4) is 5.75 Å². The van der Waals surface area contributed by atoms with Crippen LogP contribution in [0.5, 0.6) is 5.75 Å². The molecule has 0 saturated heterocycles. The average Bonchev–Trinajstić information content (AvgIpc) is 2.59. The number of guanidine groups is 1. The first kappa shape index (κ1) is 21.3. The zero-order chi connectivity index (χ0) is 18.5. The Kier molecular flexibility index (Phi) is 10.7. The van der Waals surface area contributed by atoms with Crippen LogP contribution in [0.4, 0.5) is 0 Å². The molecule has 0 aliphatic rings. The Balaban J connectivity index is 2.74. The van der Waals surface area contributed by atoms with Crippen LogP contribution in [-0.4, -0.2) is 37.4 Å². The summed E-state index contributed by atoms with van der Waals surface area (Å²) in [6.45, 7) is 11.4. The van der Waals surface area contributed by atoms with E-state index in [-0.39, 0.29) is 6.61 Å². The fourth-order valence-corrected chi connectivity index (χ4v) is 2.77.